The molecule has 0 radical (unpaired) electrons. The number of nitrogens with one attached hydrogen (secondary N) is 2. The summed E-state index contributed by atoms with van der Waals surface area (Å²) < 4.78 is 9.59. The van der Waals surface area contributed by atoms with Crippen molar-refractivity contribution in [2.45, 2.75) is 13.3 Å². The van der Waals surface area contributed by atoms with Crippen molar-refractivity contribution in [3.05, 3.63) is 59.9 Å². The molecule has 0 aliphatic carbocycles. The molecule has 142 valence electrons. The first-order valence-electron chi connectivity index (χ1n) is 8.51. The van der Waals surface area contributed by atoms with E-state index in [4.69, 9.17) is 4.74 Å². The number of hydrogen-bond acceptors (Lipinski definition) is 6. The average Bonchev–Trinajstić information content (AvgIpc) is 2.69. The second-order valence-corrected chi connectivity index (χ2v) is 5.42. The number of hydrogen-bond donors (Lipinski definition) is 2. The first-order valence-corrected chi connectivity index (χ1v) is 8.51. The molecule has 0 saturated heterocycles. The van der Waals surface area contributed by atoms with Gasteiger partial charge in [-0.25, -0.2) is 4.79 Å². The molecule has 8 heteroatoms. The summed E-state index contributed by atoms with van der Waals surface area (Å²) in [5.74, 6) is -0.161. The van der Waals surface area contributed by atoms with Gasteiger partial charge in [-0.1, -0.05) is 0 Å². The molecule has 2 rings (SSSR count). The normalized spacial score (nSPS) is 9.96. The molecule has 0 spiro atoms. The van der Waals surface area contributed by atoms with Gasteiger partial charge in [0, 0.05) is 31.0 Å². The van der Waals surface area contributed by atoms with E-state index < -0.39 is 6.16 Å². The van der Waals surface area contributed by atoms with Gasteiger partial charge in [0.2, 0.25) is 0 Å². The number of carbonyl (C=O) groups is 3. The van der Waals surface area contributed by atoms with Gasteiger partial charge in [0.15, 0.2) is 0 Å². The third-order valence-electron chi connectivity index (χ3n) is 3.43. The van der Waals surface area contributed by atoms with E-state index in [1.165, 1.54) is 18.3 Å². The zero-order valence-corrected chi connectivity index (χ0v) is 14.9. The highest BCUT2D eigenvalue weighted by molar-refractivity contribution is 5.94. The molecule has 8 nitrogen and oxygen atoms in total. The molecule has 1 aromatic carbocycles. The smallest absolute Gasteiger partial charge is 0.434 e. The highest BCUT2D eigenvalue weighted by atomic mass is 16.7. The van der Waals surface area contributed by atoms with E-state index in [9.17, 15) is 14.4 Å². The maximum atomic E-state index is 12.1. The van der Waals surface area contributed by atoms with E-state index in [1.807, 2.05) is 0 Å². The largest absolute Gasteiger partial charge is 0.513 e. The summed E-state index contributed by atoms with van der Waals surface area (Å²) in [6, 6.07) is 9.50. The summed E-state index contributed by atoms with van der Waals surface area (Å²) in [4.78, 5) is 39.0. The topological polar surface area (TPSA) is 107 Å². The van der Waals surface area contributed by atoms with Crippen LogP contribution in [0.2, 0.25) is 0 Å². The number of ether oxygens (including phenoxy) is 2. The zero-order chi connectivity index (χ0) is 19.5. The van der Waals surface area contributed by atoms with Gasteiger partial charge in [-0.05, 0) is 49.7 Å². The van der Waals surface area contributed by atoms with Crippen molar-refractivity contribution >= 4 is 18.0 Å². The summed E-state index contributed by atoms with van der Waals surface area (Å²) >= 11 is 0. The Labute approximate surface area is 156 Å². The fourth-order valence-corrected chi connectivity index (χ4v) is 2.11. The van der Waals surface area contributed by atoms with Gasteiger partial charge in [-0.2, -0.15) is 0 Å². The van der Waals surface area contributed by atoms with Crippen LogP contribution in [-0.4, -0.2) is 42.7 Å². The summed E-state index contributed by atoms with van der Waals surface area (Å²) in [6.07, 6.45) is 2.89. The fraction of sp³-hybridized carbons (Fsp3) is 0.263. The molecule has 27 heavy (non-hydrogen) atoms. The van der Waals surface area contributed by atoms with E-state index in [2.05, 4.69) is 20.4 Å². The first kappa shape index (κ1) is 19.9. The Morgan fingerprint density at radius 2 is 1.63 bits per heavy atom. The Balaban J connectivity index is 1.68. The molecule has 0 atom stereocenters. The van der Waals surface area contributed by atoms with Crippen LogP contribution in [-0.2, 0) is 4.74 Å². The van der Waals surface area contributed by atoms with Crippen LogP contribution < -0.4 is 15.4 Å². The molecule has 1 heterocycles. The van der Waals surface area contributed by atoms with Gasteiger partial charge in [0.05, 0.1) is 12.2 Å². The van der Waals surface area contributed by atoms with Crippen molar-refractivity contribution < 1.29 is 23.9 Å². The Bertz CT molecular complexity index is 763. The molecule has 0 fully saturated rings. The Morgan fingerprint density at radius 1 is 0.963 bits per heavy atom. The van der Waals surface area contributed by atoms with Gasteiger partial charge in [-0.3, -0.25) is 14.6 Å². The standard InChI is InChI=1S/C19H21N3O5/c1-2-26-19(25)27-16-8-6-14(7-9-16)17(23)21-11-4-12-22-18(24)15-5-3-10-20-13-15/h3,5-10,13H,2,4,11-12H2,1H3,(H,21,23)(H,22,24). The molecule has 2 amide bonds. The van der Waals surface area contributed by atoms with E-state index in [0.717, 1.165) is 0 Å². The molecule has 2 aromatic rings. The van der Waals surface area contributed by atoms with Gasteiger partial charge < -0.3 is 20.1 Å². The lowest BCUT2D eigenvalue weighted by Gasteiger charge is -2.08. The molecule has 0 saturated carbocycles. The molecule has 0 aliphatic rings. The highest BCUT2D eigenvalue weighted by Gasteiger charge is 2.08. The highest BCUT2D eigenvalue weighted by Crippen LogP contribution is 2.13. The third-order valence-corrected chi connectivity index (χ3v) is 3.43. The van der Waals surface area contributed by atoms with Crippen molar-refractivity contribution in [2.75, 3.05) is 19.7 Å². The predicted octanol–water partition coefficient (Wildman–Crippen LogP) is 2.17. The molecule has 0 unspecified atom stereocenters. The lowest BCUT2D eigenvalue weighted by Crippen LogP contribution is -2.29. The van der Waals surface area contributed by atoms with Crippen LogP contribution in [0.1, 0.15) is 34.1 Å². The van der Waals surface area contributed by atoms with Crippen LogP contribution in [0.4, 0.5) is 4.79 Å². The van der Waals surface area contributed by atoms with Crippen LogP contribution in [0, 0.1) is 0 Å². The SMILES string of the molecule is CCOC(=O)Oc1ccc(C(=O)NCCCNC(=O)c2cccnc2)cc1. The zero-order valence-electron chi connectivity index (χ0n) is 14.9. The fourth-order valence-electron chi connectivity index (χ4n) is 2.11. The number of amides is 2. The Morgan fingerprint density at radius 3 is 2.22 bits per heavy atom. The van der Waals surface area contributed by atoms with Crippen molar-refractivity contribution in [2.24, 2.45) is 0 Å². The minimum Gasteiger partial charge on any atom is -0.434 e. The van der Waals surface area contributed by atoms with Gasteiger partial charge in [-0.15, -0.1) is 0 Å². The maximum Gasteiger partial charge on any atom is 0.513 e. The average molecular weight is 371 g/mol. The number of carbonyl (C=O) groups excluding carboxylic acids is 3. The first-order chi connectivity index (χ1) is 13.1. The minimum atomic E-state index is -0.789. The lowest BCUT2D eigenvalue weighted by atomic mass is 10.2. The second-order valence-electron chi connectivity index (χ2n) is 5.42. The van der Waals surface area contributed by atoms with Gasteiger partial charge >= 0.3 is 6.16 Å². The molecule has 2 N–H and O–H groups in total. The summed E-state index contributed by atoms with van der Waals surface area (Å²) in [5, 5.41) is 5.52. The summed E-state index contributed by atoms with van der Waals surface area (Å²) in [6.45, 7) is 2.74. The van der Waals surface area contributed by atoms with Crippen LogP contribution in [0.25, 0.3) is 0 Å². The molecule has 1 aromatic heterocycles. The quantitative estimate of drug-likeness (QED) is 0.418. The summed E-state index contributed by atoms with van der Waals surface area (Å²) in [5.41, 5.74) is 0.928. The van der Waals surface area contributed by atoms with Crippen LogP contribution >= 0.6 is 0 Å². The number of pyridine rings is 1. The Hall–Kier alpha value is -3.42. The van der Waals surface area contributed by atoms with E-state index >= 15 is 0 Å². The number of nitrogens with zero attached hydrogens (tertiary/aromatic N) is 1. The molecule has 0 bridgehead atoms. The van der Waals surface area contributed by atoms with Crippen molar-refractivity contribution in [1.82, 2.24) is 15.6 Å². The van der Waals surface area contributed by atoms with Crippen molar-refractivity contribution in [3.8, 4) is 5.75 Å². The van der Waals surface area contributed by atoms with Crippen LogP contribution in [0.5, 0.6) is 5.75 Å². The van der Waals surface area contributed by atoms with E-state index in [-0.39, 0.29) is 18.4 Å². The summed E-state index contributed by atoms with van der Waals surface area (Å²) in [7, 11) is 0. The Kier molecular flexibility index (Phi) is 7.77. The molecular weight excluding hydrogens is 350 g/mol. The monoisotopic (exact) mass is 371 g/mol. The predicted molar refractivity (Wildman–Crippen MR) is 97.6 cm³/mol. The van der Waals surface area contributed by atoms with Gasteiger partial charge in [0.1, 0.15) is 5.75 Å². The van der Waals surface area contributed by atoms with Crippen LogP contribution in [0.3, 0.4) is 0 Å². The van der Waals surface area contributed by atoms with Crippen molar-refractivity contribution in [1.29, 1.82) is 0 Å². The molecular formula is C19H21N3O5. The van der Waals surface area contributed by atoms with E-state index in [1.54, 1.807) is 37.4 Å². The second kappa shape index (κ2) is 10.5. The lowest BCUT2D eigenvalue weighted by molar-refractivity contribution is 0.0950. The maximum absolute atomic E-state index is 12.1. The third kappa shape index (κ3) is 6.77. The van der Waals surface area contributed by atoms with Gasteiger partial charge in [0.25, 0.3) is 11.8 Å². The molecule has 0 aliphatic heterocycles. The number of aromatic nitrogens is 1. The van der Waals surface area contributed by atoms with Crippen molar-refractivity contribution in [3.63, 3.8) is 0 Å². The minimum absolute atomic E-state index is 0.202. The number of benzene rings is 1. The van der Waals surface area contributed by atoms with E-state index in [0.29, 0.717) is 36.4 Å². The number of rotatable bonds is 8. The van der Waals surface area contributed by atoms with Crippen LogP contribution in [0.15, 0.2) is 48.8 Å².